The van der Waals surface area contributed by atoms with Crippen molar-refractivity contribution in [2.24, 2.45) is 5.92 Å². The van der Waals surface area contributed by atoms with E-state index in [1.807, 2.05) is 0 Å². The predicted molar refractivity (Wildman–Crippen MR) is 74.4 cm³/mol. The van der Waals surface area contributed by atoms with Gasteiger partial charge in [0, 0.05) is 31.0 Å². The minimum Gasteiger partial charge on any atom is -0.473 e. The molecule has 1 aliphatic heterocycles. The molecule has 1 fully saturated rings. The zero-order valence-corrected chi connectivity index (χ0v) is 12.2. The van der Waals surface area contributed by atoms with Gasteiger partial charge < -0.3 is 10.1 Å². The molecule has 0 radical (unpaired) electrons. The van der Waals surface area contributed by atoms with Crippen LogP contribution in [0.4, 0.5) is 0 Å². The maximum atomic E-state index is 11.5. The first-order valence-electron chi connectivity index (χ1n) is 6.11. The molecular formula is C12H17ClN2O3S. The molecule has 0 saturated carbocycles. The predicted octanol–water partition coefficient (Wildman–Crippen LogP) is 1.14. The fraction of sp³-hybridized carbons (Fsp3) is 0.583. The minimum absolute atomic E-state index is 0.00362. The van der Waals surface area contributed by atoms with Gasteiger partial charge in [0.15, 0.2) is 9.84 Å². The summed E-state index contributed by atoms with van der Waals surface area (Å²) in [5, 5.41) is 3.74. The quantitative estimate of drug-likeness (QED) is 0.883. The van der Waals surface area contributed by atoms with Crippen LogP contribution in [0.15, 0.2) is 18.3 Å². The van der Waals surface area contributed by atoms with Crippen molar-refractivity contribution < 1.29 is 13.2 Å². The van der Waals surface area contributed by atoms with Gasteiger partial charge in [-0.05, 0) is 19.0 Å². The Bertz CT molecular complexity index is 512. The van der Waals surface area contributed by atoms with Crippen LogP contribution in [0.5, 0.6) is 5.88 Å². The van der Waals surface area contributed by atoms with Crippen molar-refractivity contribution in [3.8, 4) is 5.88 Å². The van der Waals surface area contributed by atoms with E-state index in [-0.39, 0.29) is 17.8 Å². The molecule has 0 aliphatic carbocycles. The molecule has 2 rings (SSSR count). The smallest absolute Gasteiger partial charge is 0.213 e. The Balaban J connectivity index is 2.10. The Hall–Kier alpha value is -0.850. The summed E-state index contributed by atoms with van der Waals surface area (Å²) < 4.78 is 28.7. The molecule has 1 saturated heterocycles. The largest absolute Gasteiger partial charge is 0.473 e. The van der Waals surface area contributed by atoms with Crippen molar-refractivity contribution in [3.05, 3.63) is 23.4 Å². The lowest BCUT2D eigenvalue weighted by atomic mass is 10.0. The van der Waals surface area contributed by atoms with Crippen molar-refractivity contribution in [2.75, 3.05) is 25.1 Å². The maximum Gasteiger partial charge on any atom is 0.213 e. The second kappa shape index (κ2) is 6.07. The normalized spacial score (nSPS) is 21.3. The van der Waals surface area contributed by atoms with Gasteiger partial charge in [-0.2, -0.15) is 0 Å². The molecule has 1 aromatic heterocycles. The molecule has 0 amide bonds. The number of aromatic nitrogens is 1. The molecular weight excluding hydrogens is 288 g/mol. The molecule has 1 N–H and O–H groups in total. The summed E-state index contributed by atoms with van der Waals surface area (Å²) in [6, 6.07) is 3.33. The Morgan fingerprint density at radius 3 is 2.89 bits per heavy atom. The lowest BCUT2D eigenvalue weighted by molar-refractivity contribution is 0.157. The highest BCUT2D eigenvalue weighted by molar-refractivity contribution is 7.90. The monoisotopic (exact) mass is 304 g/mol. The molecule has 2 heterocycles. The van der Waals surface area contributed by atoms with E-state index in [0.717, 1.165) is 19.5 Å². The van der Waals surface area contributed by atoms with Gasteiger partial charge in [0.25, 0.3) is 0 Å². The summed E-state index contributed by atoms with van der Waals surface area (Å²) >= 11 is 5.76. The summed E-state index contributed by atoms with van der Waals surface area (Å²) in [6.07, 6.45) is 3.24. The maximum absolute atomic E-state index is 11.5. The highest BCUT2D eigenvalue weighted by atomic mass is 35.5. The highest BCUT2D eigenvalue weighted by Gasteiger charge is 2.29. The van der Waals surface area contributed by atoms with Crippen LogP contribution >= 0.6 is 11.6 Å². The molecule has 5 nitrogen and oxygen atoms in total. The van der Waals surface area contributed by atoms with Crippen molar-refractivity contribution >= 4 is 21.4 Å². The molecule has 0 aromatic carbocycles. The van der Waals surface area contributed by atoms with Crippen LogP contribution in [-0.4, -0.2) is 44.6 Å². The number of hydrogen-bond donors (Lipinski definition) is 1. The Labute approximate surface area is 118 Å². The Morgan fingerprint density at radius 1 is 1.58 bits per heavy atom. The van der Waals surface area contributed by atoms with Gasteiger partial charge >= 0.3 is 0 Å². The van der Waals surface area contributed by atoms with Gasteiger partial charge in [0.05, 0.1) is 10.8 Å². The molecule has 106 valence electrons. The van der Waals surface area contributed by atoms with Crippen molar-refractivity contribution in [1.82, 2.24) is 10.3 Å². The summed E-state index contributed by atoms with van der Waals surface area (Å²) in [5.41, 5.74) is 0. The van der Waals surface area contributed by atoms with Crippen molar-refractivity contribution in [2.45, 2.75) is 12.5 Å². The van der Waals surface area contributed by atoms with Crippen LogP contribution in [-0.2, 0) is 9.84 Å². The van der Waals surface area contributed by atoms with Gasteiger partial charge in [0.2, 0.25) is 5.88 Å². The zero-order chi connectivity index (χ0) is 13.9. The summed E-state index contributed by atoms with van der Waals surface area (Å²) in [5.74, 6) is 0.598. The number of sulfone groups is 1. The van der Waals surface area contributed by atoms with Crippen LogP contribution in [0.1, 0.15) is 6.42 Å². The number of ether oxygens (including phenoxy) is 1. The SMILES string of the molecule is CS(=O)(=O)C[C@@H](Oc1ccc(Cl)cn1)[C@@H]1CCNC1. The summed E-state index contributed by atoms with van der Waals surface area (Å²) in [4.78, 5) is 4.05. The van der Waals surface area contributed by atoms with E-state index in [1.54, 1.807) is 12.1 Å². The standard InChI is InChI=1S/C12H17ClN2O3S/c1-19(16,17)8-11(9-4-5-14-6-9)18-12-3-2-10(13)7-15-12/h2-3,7,9,11,14H,4-6,8H2,1H3/t9-,11-/m1/s1. The third-order valence-electron chi connectivity index (χ3n) is 3.06. The molecule has 2 atom stereocenters. The number of rotatable bonds is 5. The van der Waals surface area contributed by atoms with E-state index in [1.165, 1.54) is 12.5 Å². The van der Waals surface area contributed by atoms with E-state index in [0.29, 0.717) is 10.9 Å². The second-order valence-corrected chi connectivity index (χ2v) is 7.44. The average Bonchev–Trinajstić information content (AvgIpc) is 2.83. The molecule has 0 unspecified atom stereocenters. The third kappa shape index (κ3) is 4.63. The van der Waals surface area contributed by atoms with Crippen LogP contribution in [0.3, 0.4) is 0 Å². The van der Waals surface area contributed by atoms with Gasteiger partial charge in [-0.1, -0.05) is 11.6 Å². The van der Waals surface area contributed by atoms with Crippen LogP contribution < -0.4 is 10.1 Å². The number of halogens is 1. The lowest BCUT2D eigenvalue weighted by Gasteiger charge is -2.23. The number of pyridine rings is 1. The van der Waals surface area contributed by atoms with E-state index in [4.69, 9.17) is 16.3 Å². The van der Waals surface area contributed by atoms with E-state index in [2.05, 4.69) is 10.3 Å². The van der Waals surface area contributed by atoms with E-state index < -0.39 is 9.84 Å². The first-order valence-corrected chi connectivity index (χ1v) is 8.54. The van der Waals surface area contributed by atoms with Gasteiger partial charge in [0.1, 0.15) is 6.10 Å². The number of nitrogens with zero attached hydrogens (tertiary/aromatic N) is 1. The van der Waals surface area contributed by atoms with E-state index >= 15 is 0 Å². The topological polar surface area (TPSA) is 68.3 Å². The Morgan fingerprint density at radius 2 is 2.37 bits per heavy atom. The average molecular weight is 305 g/mol. The first-order chi connectivity index (χ1) is 8.94. The number of hydrogen-bond acceptors (Lipinski definition) is 5. The molecule has 1 aliphatic rings. The van der Waals surface area contributed by atoms with Crippen LogP contribution in [0, 0.1) is 5.92 Å². The molecule has 7 heteroatoms. The number of nitrogens with one attached hydrogen (secondary N) is 1. The van der Waals surface area contributed by atoms with Gasteiger partial charge in [-0.25, -0.2) is 13.4 Å². The van der Waals surface area contributed by atoms with E-state index in [9.17, 15) is 8.42 Å². The Kier molecular flexibility index (Phi) is 4.65. The lowest BCUT2D eigenvalue weighted by Crippen LogP contribution is -2.35. The van der Waals surface area contributed by atoms with Crippen LogP contribution in [0.2, 0.25) is 5.02 Å². The fourth-order valence-electron chi connectivity index (χ4n) is 2.15. The minimum atomic E-state index is -3.10. The van der Waals surface area contributed by atoms with Gasteiger partial charge in [-0.15, -0.1) is 0 Å². The molecule has 19 heavy (non-hydrogen) atoms. The fourth-order valence-corrected chi connectivity index (χ4v) is 3.19. The molecule has 1 aromatic rings. The third-order valence-corrected chi connectivity index (χ3v) is 4.22. The van der Waals surface area contributed by atoms with Crippen LogP contribution in [0.25, 0.3) is 0 Å². The second-order valence-electron chi connectivity index (χ2n) is 4.82. The van der Waals surface area contributed by atoms with Gasteiger partial charge in [-0.3, -0.25) is 0 Å². The first kappa shape index (κ1) is 14.6. The zero-order valence-electron chi connectivity index (χ0n) is 10.7. The molecule has 0 spiro atoms. The highest BCUT2D eigenvalue weighted by Crippen LogP contribution is 2.21. The molecule has 0 bridgehead atoms. The van der Waals surface area contributed by atoms with Crippen molar-refractivity contribution in [1.29, 1.82) is 0 Å². The van der Waals surface area contributed by atoms with Crippen molar-refractivity contribution in [3.63, 3.8) is 0 Å². The summed E-state index contributed by atoms with van der Waals surface area (Å²) in [7, 11) is -3.10. The summed E-state index contributed by atoms with van der Waals surface area (Å²) in [6.45, 7) is 1.66.